The lowest BCUT2D eigenvalue weighted by Crippen LogP contribution is -2.33. The van der Waals surface area contributed by atoms with Gasteiger partial charge in [0.05, 0.1) is 6.04 Å². The highest BCUT2D eigenvalue weighted by Crippen LogP contribution is 2.27. The van der Waals surface area contributed by atoms with Crippen LogP contribution < -0.4 is 5.73 Å². The van der Waals surface area contributed by atoms with Crippen molar-refractivity contribution in [3.63, 3.8) is 0 Å². The number of nitrogens with zero attached hydrogens (tertiary/aromatic N) is 3. The summed E-state index contributed by atoms with van der Waals surface area (Å²) in [7, 11) is 2.14. The van der Waals surface area contributed by atoms with Crippen molar-refractivity contribution >= 4 is 11.8 Å². The molecule has 2 heterocycles. The van der Waals surface area contributed by atoms with Crippen molar-refractivity contribution in [2.45, 2.75) is 39.2 Å². The average molecular weight is 312 g/mol. The minimum Gasteiger partial charge on any atom is -0.339 e. The maximum Gasteiger partial charge on any atom is 0.226 e. The van der Waals surface area contributed by atoms with Crippen molar-refractivity contribution in [1.82, 2.24) is 15.0 Å². The van der Waals surface area contributed by atoms with E-state index in [1.54, 1.807) is 0 Å². The highest BCUT2D eigenvalue weighted by Gasteiger charge is 2.26. The topological polar surface area (TPSA) is 68.2 Å². The van der Waals surface area contributed by atoms with Crippen molar-refractivity contribution in [3.8, 4) is 0 Å². The first-order chi connectivity index (χ1) is 10.1. The van der Waals surface area contributed by atoms with Crippen molar-refractivity contribution in [2.24, 2.45) is 17.6 Å². The van der Waals surface area contributed by atoms with Gasteiger partial charge in [-0.3, -0.25) is 4.90 Å². The summed E-state index contributed by atoms with van der Waals surface area (Å²) >= 11 is 1.96. The number of thioether (sulfide) groups is 1. The fourth-order valence-electron chi connectivity index (χ4n) is 2.80. The Bertz CT molecular complexity index is 424. The Labute approximate surface area is 132 Å². The maximum atomic E-state index is 5.69. The summed E-state index contributed by atoms with van der Waals surface area (Å²) < 4.78 is 5.45. The molecular weight excluding hydrogens is 284 g/mol. The zero-order chi connectivity index (χ0) is 15.2. The molecule has 6 heteroatoms. The first-order valence-electron chi connectivity index (χ1n) is 7.92. The van der Waals surface area contributed by atoms with E-state index in [0.717, 1.165) is 49.8 Å². The van der Waals surface area contributed by atoms with Crippen LogP contribution in [0.5, 0.6) is 0 Å². The number of hydrogen-bond acceptors (Lipinski definition) is 6. The number of aromatic nitrogens is 2. The Morgan fingerprint density at radius 2 is 2.24 bits per heavy atom. The quantitative estimate of drug-likeness (QED) is 0.833. The molecular formula is C15H28N4OS. The molecule has 2 N–H and O–H groups in total. The van der Waals surface area contributed by atoms with Crippen LogP contribution in [-0.2, 0) is 6.42 Å². The van der Waals surface area contributed by atoms with Crippen molar-refractivity contribution in [3.05, 3.63) is 11.7 Å². The highest BCUT2D eigenvalue weighted by atomic mass is 32.2. The lowest BCUT2D eigenvalue weighted by molar-refractivity contribution is 0.256. The fourth-order valence-corrected chi connectivity index (χ4v) is 4.01. The third-order valence-corrected chi connectivity index (χ3v) is 5.41. The number of aryl methyl sites for hydroxylation is 1. The van der Waals surface area contributed by atoms with E-state index in [1.165, 1.54) is 5.75 Å². The van der Waals surface area contributed by atoms with Gasteiger partial charge in [-0.1, -0.05) is 19.0 Å². The molecule has 2 unspecified atom stereocenters. The van der Waals surface area contributed by atoms with Crippen molar-refractivity contribution < 1.29 is 4.52 Å². The molecule has 1 aromatic heterocycles. The molecule has 5 nitrogen and oxygen atoms in total. The molecule has 21 heavy (non-hydrogen) atoms. The van der Waals surface area contributed by atoms with Gasteiger partial charge in [-0.15, -0.1) is 0 Å². The molecule has 1 aromatic rings. The summed E-state index contributed by atoms with van der Waals surface area (Å²) in [5, 5.41) is 4.19. The molecule has 2 rings (SSSR count). The summed E-state index contributed by atoms with van der Waals surface area (Å²) in [6.45, 7) is 6.36. The van der Waals surface area contributed by atoms with Gasteiger partial charge in [0.1, 0.15) is 0 Å². The zero-order valence-electron chi connectivity index (χ0n) is 13.4. The summed E-state index contributed by atoms with van der Waals surface area (Å²) in [5.41, 5.74) is 5.69. The molecule has 0 bridgehead atoms. The van der Waals surface area contributed by atoms with Crippen LogP contribution in [0.2, 0.25) is 0 Å². The predicted octanol–water partition coefficient (Wildman–Crippen LogP) is 2.34. The van der Waals surface area contributed by atoms with E-state index >= 15 is 0 Å². The van der Waals surface area contributed by atoms with Crippen LogP contribution in [0.4, 0.5) is 0 Å². The Kier molecular flexibility index (Phi) is 6.51. The second-order valence-electron chi connectivity index (χ2n) is 6.24. The van der Waals surface area contributed by atoms with Gasteiger partial charge in [-0.05, 0) is 38.3 Å². The van der Waals surface area contributed by atoms with Crippen LogP contribution in [0.15, 0.2) is 4.52 Å². The molecule has 1 aliphatic heterocycles. The Hall–Kier alpha value is -0.590. The molecule has 1 aliphatic rings. The third kappa shape index (κ3) is 4.69. The molecule has 0 amide bonds. The predicted molar refractivity (Wildman–Crippen MR) is 87.3 cm³/mol. The third-order valence-electron chi connectivity index (χ3n) is 4.39. The standard InChI is InChI=1S/C15H28N4OS/c1-11(2)12(6-7-16)4-5-14-17-15(18-20-14)13-10-21-9-8-19(13)3/h11-13H,4-10,16H2,1-3H3. The Balaban J connectivity index is 1.90. The first-order valence-corrected chi connectivity index (χ1v) is 9.07. The van der Waals surface area contributed by atoms with E-state index in [-0.39, 0.29) is 0 Å². The van der Waals surface area contributed by atoms with Crippen LogP contribution >= 0.6 is 11.8 Å². The van der Waals surface area contributed by atoms with E-state index in [0.29, 0.717) is 17.9 Å². The smallest absolute Gasteiger partial charge is 0.226 e. The van der Waals surface area contributed by atoms with Crippen LogP contribution in [0, 0.1) is 11.8 Å². The molecule has 0 aromatic carbocycles. The van der Waals surface area contributed by atoms with Gasteiger partial charge in [0.25, 0.3) is 0 Å². The maximum absolute atomic E-state index is 5.69. The van der Waals surface area contributed by atoms with Crippen LogP contribution in [0.25, 0.3) is 0 Å². The summed E-state index contributed by atoms with van der Waals surface area (Å²) in [6.07, 6.45) is 3.01. The SMILES string of the molecule is CC(C)C(CCN)CCc1nc(C2CSCCN2C)no1. The molecule has 0 aliphatic carbocycles. The van der Waals surface area contributed by atoms with Crippen LogP contribution in [-0.4, -0.2) is 46.7 Å². The Morgan fingerprint density at radius 3 is 2.90 bits per heavy atom. The number of rotatable bonds is 7. The minimum atomic E-state index is 0.297. The number of nitrogens with two attached hydrogens (primary N) is 1. The van der Waals surface area contributed by atoms with Gasteiger partial charge < -0.3 is 10.3 Å². The van der Waals surface area contributed by atoms with E-state index in [9.17, 15) is 0 Å². The van der Waals surface area contributed by atoms with Crippen molar-refractivity contribution in [2.75, 3.05) is 31.6 Å². The number of hydrogen-bond donors (Lipinski definition) is 1. The summed E-state index contributed by atoms with van der Waals surface area (Å²) in [5.74, 6) is 5.15. The molecule has 0 saturated carbocycles. The van der Waals surface area contributed by atoms with E-state index in [1.807, 2.05) is 11.8 Å². The normalized spacial score (nSPS) is 21.9. The molecule has 2 atom stereocenters. The average Bonchev–Trinajstić information content (AvgIpc) is 2.92. The lowest BCUT2D eigenvalue weighted by atomic mass is 9.88. The summed E-state index contributed by atoms with van der Waals surface area (Å²) in [6, 6.07) is 0.297. The van der Waals surface area contributed by atoms with Gasteiger partial charge in [-0.2, -0.15) is 16.7 Å². The molecule has 1 saturated heterocycles. The van der Waals surface area contributed by atoms with E-state index in [4.69, 9.17) is 10.3 Å². The van der Waals surface area contributed by atoms with Crippen LogP contribution in [0.3, 0.4) is 0 Å². The highest BCUT2D eigenvalue weighted by molar-refractivity contribution is 7.99. The van der Waals surface area contributed by atoms with Crippen molar-refractivity contribution in [1.29, 1.82) is 0 Å². The molecule has 0 radical (unpaired) electrons. The van der Waals surface area contributed by atoms with Gasteiger partial charge in [-0.25, -0.2) is 0 Å². The second kappa shape index (κ2) is 8.15. The second-order valence-corrected chi connectivity index (χ2v) is 7.39. The lowest BCUT2D eigenvalue weighted by Gasteiger charge is -2.29. The van der Waals surface area contributed by atoms with Gasteiger partial charge in [0, 0.05) is 24.5 Å². The molecule has 0 spiro atoms. The van der Waals surface area contributed by atoms with Gasteiger partial charge >= 0.3 is 0 Å². The molecule has 120 valence electrons. The summed E-state index contributed by atoms with van der Waals surface area (Å²) in [4.78, 5) is 6.93. The zero-order valence-corrected chi connectivity index (χ0v) is 14.2. The van der Waals surface area contributed by atoms with Crippen LogP contribution in [0.1, 0.15) is 44.4 Å². The van der Waals surface area contributed by atoms with Gasteiger partial charge in [0.15, 0.2) is 5.82 Å². The monoisotopic (exact) mass is 312 g/mol. The minimum absolute atomic E-state index is 0.297. The van der Waals surface area contributed by atoms with Gasteiger partial charge in [0.2, 0.25) is 5.89 Å². The Morgan fingerprint density at radius 1 is 1.43 bits per heavy atom. The largest absolute Gasteiger partial charge is 0.339 e. The van der Waals surface area contributed by atoms with E-state index < -0.39 is 0 Å². The van der Waals surface area contributed by atoms with E-state index in [2.05, 4.69) is 35.9 Å². The first kappa shape index (κ1) is 16.8. The fraction of sp³-hybridized carbons (Fsp3) is 0.867. The molecule has 1 fully saturated rings.